The fourth-order valence-electron chi connectivity index (χ4n) is 5.30. The Balaban J connectivity index is 0.000000308. The van der Waals surface area contributed by atoms with Gasteiger partial charge in [-0.25, -0.2) is 0 Å². The van der Waals surface area contributed by atoms with Gasteiger partial charge >= 0.3 is 7.60 Å². The van der Waals surface area contributed by atoms with Crippen LogP contribution < -0.4 is 19.9 Å². The Hall–Kier alpha value is -1.80. The minimum absolute atomic E-state index is 0.0188. The van der Waals surface area contributed by atoms with Crippen LogP contribution in [0.3, 0.4) is 0 Å². The predicted molar refractivity (Wildman–Crippen MR) is 140 cm³/mol. The summed E-state index contributed by atoms with van der Waals surface area (Å²) in [5.41, 5.74) is -1.24. The number of carbonyl (C=O) groups is 1. The SMILES string of the molecule is C1CCC([NH2+]C2CCCCC2)CC1.CCOP(=O)(OCC)C(Cc1c(OC)cc(O)cc1OC)C(=O)[O-]. The van der Waals surface area contributed by atoms with E-state index < -0.39 is 19.2 Å². The van der Waals surface area contributed by atoms with Crippen molar-refractivity contribution in [3.05, 3.63) is 17.7 Å². The molecule has 0 spiro atoms. The fourth-order valence-corrected chi connectivity index (χ4v) is 7.12. The van der Waals surface area contributed by atoms with E-state index in [2.05, 4.69) is 5.32 Å². The Labute approximate surface area is 221 Å². The number of phenols is 1. The van der Waals surface area contributed by atoms with Crippen molar-refractivity contribution in [2.24, 2.45) is 0 Å². The van der Waals surface area contributed by atoms with E-state index in [9.17, 15) is 19.6 Å². The predicted octanol–water partition coefficient (Wildman–Crippen LogP) is 3.55. The number of aromatic hydroxyl groups is 1. The van der Waals surface area contributed by atoms with Crippen LogP contribution in [0.2, 0.25) is 0 Å². The summed E-state index contributed by atoms with van der Waals surface area (Å²) in [5.74, 6) is -1.30. The highest BCUT2D eigenvalue weighted by atomic mass is 31.2. The number of phenolic OH excluding ortho intramolecular Hbond substituents is 1. The standard InChI is InChI=1S/C15H23O8P.C12H23N/c1-5-22-24(19,23-6-2)14(15(17)18)9-11-12(20-3)7-10(16)8-13(11)21-4;1-3-7-11(8-4-1)13-12-9-5-2-6-10-12/h7-8,14,16H,5-6,9H2,1-4H3,(H,17,18);11-13H,1-10H2. The topological polar surface area (TPSA) is 131 Å². The van der Waals surface area contributed by atoms with Crippen LogP contribution in [0.1, 0.15) is 83.6 Å². The van der Waals surface area contributed by atoms with Gasteiger partial charge in [0.05, 0.1) is 45.5 Å². The van der Waals surface area contributed by atoms with E-state index in [1.54, 1.807) is 13.8 Å². The Morgan fingerprint density at radius 1 is 0.946 bits per heavy atom. The number of carboxylic acids is 1. The molecular weight excluding hydrogens is 497 g/mol. The minimum Gasteiger partial charge on any atom is -0.549 e. The number of methoxy groups -OCH3 is 2. The number of benzene rings is 1. The van der Waals surface area contributed by atoms with E-state index >= 15 is 0 Å². The third kappa shape index (κ3) is 9.78. The lowest BCUT2D eigenvalue weighted by Gasteiger charge is -2.28. The van der Waals surface area contributed by atoms with Crippen LogP contribution in [0.5, 0.6) is 17.2 Å². The molecule has 9 nitrogen and oxygen atoms in total. The van der Waals surface area contributed by atoms with Gasteiger partial charge in [0.15, 0.2) is 0 Å². The highest BCUT2D eigenvalue weighted by molar-refractivity contribution is 7.55. The van der Waals surface area contributed by atoms with Crippen LogP contribution >= 0.6 is 7.60 Å². The zero-order chi connectivity index (χ0) is 27.3. The Kier molecular flexibility index (Phi) is 13.8. The van der Waals surface area contributed by atoms with Gasteiger partial charge in [0.25, 0.3) is 0 Å². The van der Waals surface area contributed by atoms with Gasteiger partial charge < -0.3 is 38.8 Å². The average Bonchev–Trinajstić information content (AvgIpc) is 2.89. The number of nitrogens with two attached hydrogens (primary N) is 1. The van der Waals surface area contributed by atoms with E-state index in [4.69, 9.17) is 18.5 Å². The molecule has 3 N–H and O–H groups in total. The molecular formula is C27H46NO8P. The van der Waals surface area contributed by atoms with Gasteiger partial charge in [0.2, 0.25) is 0 Å². The Bertz CT molecular complexity index is 817. The molecule has 10 heteroatoms. The average molecular weight is 544 g/mol. The molecule has 2 aliphatic carbocycles. The smallest absolute Gasteiger partial charge is 0.339 e. The summed E-state index contributed by atoms with van der Waals surface area (Å²) in [6.45, 7) is 3.20. The van der Waals surface area contributed by atoms with Crippen molar-refractivity contribution in [2.45, 2.75) is 102 Å². The van der Waals surface area contributed by atoms with Crippen molar-refractivity contribution >= 4 is 13.6 Å². The maximum atomic E-state index is 12.8. The molecule has 212 valence electrons. The van der Waals surface area contributed by atoms with Crippen LogP contribution in [-0.2, 0) is 24.8 Å². The van der Waals surface area contributed by atoms with Gasteiger partial charge in [-0.1, -0.05) is 12.8 Å². The molecule has 1 aromatic carbocycles. The van der Waals surface area contributed by atoms with Gasteiger partial charge in [-0.3, -0.25) is 4.57 Å². The largest absolute Gasteiger partial charge is 0.549 e. The van der Waals surface area contributed by atoms with Gasteiger partial charge in [-0.05, 0) is 71.6 Å². The highest BCUT2D eigenvalue weighted by Gasteiger charge is 2.38. The molecule has 1 atom stereocenters. The van der Waals surface area contributed by atoms with Crippen LogP contribution in [0, 0.1) is 0 Å². The van der Waals surface area contributed by atoms with E-state index in [0.717, 1.165) is 12.1 Å². The van der Waals surface area contributed by atoms with Crippen LogP contribution in [0.4, 0.5) is 0 Å². The molecule has 2 aliphatic rings. The number of hydrogen-bond acceptors (Lipinski definition) is 8. The summed E-state index contributed by atoms with van der Waals surface area (Å²) in [5, 5.41) is 24.0. The molecule has 0 amide bonds. The van der Waals surface area contributed by atoms with Crippen LogP contribution in [0.15, 0.2) is 12.1 Å². The molecule has 0 aromatic heterocycles. The first-order chi connectivity index (χ1) is 17.8. The normalized spacial score (nSPS) is 17.9. The fraction of sp³-hybridized carbons (Fsp3) is 0.741. The second-order valence-electron chi connectivity index (χ2n) is 9.73. The van der Waals surface area contributed by atoms with Crippen molar-refractivity contribution in [2.75, 3.05) is 27.4 Å². The first kappa shape index (κ1) is 31.4. The second-order valence-corrected chi connectivity index (χ2v) is 12.0. The third-order valence-electron chi connectivity index (χ3n) is 7.11. The van der Waals surface area contributed by atoms with Crippen molar-refractivity contribution in [1.82, 2.24) is 0 Å². The lowest BCUT2D eigenvalue weighted by Crippen LogP contribution is -2.95. The van der Waals surface area contributed by atoms with E-state index in [1.165, 1.54) is 90.6 Å². The maximum absolute atomic E-state index is 12.8. The van der Waals surface area contributed by atoms with Crippen LogP contribution in [0.25, 0.3) is 0 Å². The third-order valence-corrected chi connectivity index (χ3v) is 9.50. The number of aliphatic carboxylic acids is 1. The number of hydrogen-bond donors (Lipinski definition) is 2. The Morgan fingerprint density at radius 2 is 1.38 bits per heavy atom. The number of rotatable bonds is 12. The van der Waals surface area contributed by atoms with Gasteiger partial charge in [0, 0.05) is 17.7 Å². The minimum atomic E-state index is -3.96. The van der Waals surface area contributed by atoms with Crippen LogP contribution in [-0.4, -0.2) is 56.3 Å². The molecule has 2 saturated carbocycles. The second kappa shape index (κ2) is 16.2. The van der Waals surface area contributed by atoms with E-state index in [0.29, 0.717) is 5.56 Å². The first-order valence-electron chi connectivity index (χ1n) is 13.7. The highest BCUT2D eigenvalue weighted by Crippen LogP contribution is 2.55. The number of quaternary nitrogens is 1. The van der Waals surface area contributed by atoms with Gasteiger partial charge in [-0.2, -0.15) is 0 Å². The van der Waals surface area contributed by atoms with Crippen molar-refractivity contribution in [3.8, 4) is 17.2 Å². The summed E-state index contributed by atoms with van der Waals surface area (Å²) in [7, 11) is -1.24. The molecule has 0 bridgehead atoms. The van der Waals surface area contributed by atoms with Gasteiger partial charge in [-0.15, -0.1) is 0 Å². The lowest BCUT2D eigenvalue weighted by molar-refractivity contribution is -0.725. The number of carboxylic acid groups (broad SMARTS) is 1. The summed E-state index contributed by atoms with van der Waals surface area (Å²) >= 11 is 0. The van der Waals surface area contributed by atoms with Crippen molar-refractivity contribution in [1.29, 1.82) is 0 Å². The van der Waals surface area contributed by atoms with E-state index in [1.807, 2.05) is 0 Å². The number of carbonyl (C=O) groups excluding carboxylic acids is 1. The lowest BCUT2D eigenvalue weighted by atomic mass is 9.91. The van der Waals surface area contributed by atoms with E-state index in [-0.39, 0.29) is 36.9 Å². The monoisotopic (exact) mass is 543 g/mol. The Morgan fingerprint density at radius 3 is 1.73 bits per heavy atom. The maximum Gasteiger partial charge on any atom is 0.339 e. The molecule has 1 aromatic rings. The summed E-state index contributed by atoms with van der Waals surface area (Å²) in [4.78, 5) is 11.6. The molecule has 3 rings (SSSR count). The zero-order valence-electron chi connectivity index (χ0n) is 22.9. The summed E-state index contributed by atoms with van der Waals surface area (Å²) in [6, 6.07) is 4.60. The molecule has 0 radical (unpaired) electrons. The molecule has 0 heterocycles. The molecule has 0 aliphatic heterocycles. The summed E-state index contributed by atoms with van der Waals surface area (Å²) in [6.07, 6.45) is 14.7. The van der Waals surface area contributed by atoms with Crippen molar-refractivity contribution < 1.29 is 43.4 Å². The molecule has 1 unspecified atom stereocenters. The number of ether oxygens (including phenoxy) is 2. The quantitative estimate of drug-likeness (QED) is 0.383. The van der Waals surface area contributed by atoms with Crippen molar-refractivity contribution in [3.63, 3.8) is 0 Å². The zero-order valence-corrected chi connectivity index (χ0v) is 23.8. The summed E-state index contributed by atoms with van der Waals surface area (Å²) < 4.78 is 33.4. The molecule has 0 saturated heterocycles. The molecule has 2 fully saturated rings. The van der Waals surface area contributed by atoms with Gasteiger partial charge in [0.1, 0.15) is 22.9 Å². The molecule has 37 heavy (non-hydrogen) atoms. The first-order valence-corrected chi connectivity index (χ1v) is 15.3.